The molecule has 0 atom stereocenters. The van der Waals surface area contributed by atoms with Gasteiger partial charge < -0.3 is 15.4 Å². The maximum atomic E-state index is 12.5. The first-order valence-corrected chi connectivity index (χ1v) is 9.84. The number of benzene rings is 2. The normalized spacial score (nSPS) is 10.9. The molecule has 2 aromatic carbocycles. The second-order valence-corrected chi connectivity index (χ2v) is 6.82. The predicted molar refractivity (Wildman–Crippen MR) is 117 cm³/mol. The van der Waals surface area contributed by atoms with E-state index in [0.717, 1.165) is 23.4 Å². The standard InChI is InChI=1S/C22H24N6O2/c1-3-15-8-4-6-10-18(15)23-14-17-12-20(29)28-22(25-17)26-21(27-28)24-13-16-9-5-7-11-19(16)30-2/h4-12,23H,3,13-14H2,1-2H3,(H2,24,25,26,27). The second kappa shape index (κ2) is 8.69. The van der Waals surface area contributed by atoms with Crippen molar-refractivity contribution in [2.24, 2.45) is 0 Å². The van der Waals surface area contributed by atoms with Gasteiger partial charge in [-0.1, -0.05) is 43.3 Å². The molecule has 3 N–H and O–H groups in total. The highest BCUT2D eigenvalue weighted by Crippen LogP contribution is 2.18. The van der Waals surface area contributed by atoms with Crippen molar-refractivity contribution >= 4 is 17.4 Å². The van der Waals surface area contributed by atoms with Crippen LogP contribution in [0.25, 0.3) is 5.78 Å². The van der Waals surface area contributed by atoms with Crippen LogP contribution in [0.1, 0.15) is 23.7 Å². The fourth-order valence-corrected chi connectivity index (χ4v) is 3.31. The lowest BCUT2D eigenvalue weighted by molar-refractivity contribution is 0.410. The van der Waals surface area contributed by atoms with E-state index in [1.165, 1.54) is 16.1 Å². The number of anilines is 2. The van der Waals surface area contributed by atoms with Gasteiger partial charge in [0, 0.05) is 23.9 Å². The van der Waals surface area contributed by atoms with Crippen molar-refractivity contribution < 1.29 is 4.74 Å². The summed E-state index contributed by atoms with van der Waals surface area (Å²) < 4.78 is 6.69. The molecular formula is C22H24N6O2. The van der Waals surface area contributed by atoms with Gasteiger partial charge in [0.15, 0.2) is 0 Å². The topological polar surface area (TPSA) is 96.3 Å². The molecular weight excluding hydrogens is 380 g/mol. The van der Waals surface area contributed by atoms with Crippen LogP contribution in [0.5, 0.6) is 5.75 Å². The summed E-state index contributed by atoms with van der Waals surface area (Å²) in [6, 6.07) is 17.4. The van der Waals surface area contributed by atoms with E-state index in [9.17, 15) is 4.79 Å². The number of H-pyrrole nitrogens is 1. The van der Waals surface area contributed by atoms with Gasteiger partial charge in [0.1, 0.15) is 5.75 Å². The molecule has 4 aromatic rings. The van der Waals surface area contributed by atoms with Gasteiger partial charge in [0.2, 0.25) is 5.95 Å². The third-order valence-corrected chi connectivity index (χ3v) is 4.88. The minimum Gasteiger partial charge on any atom is -0.496 e. The summed E-state index contributed by atoms with van der Waals surface area (Å²) in [7, 11) is 1.64. The molecule has 0 bridgehead atoms. The van der Waals surface area contributed by atoms with E-state index in [-0.39, 0.29) is 5.56 Å². The summed E-state index contributed by atoms with van der Waals surface area (Å²) in [6.07, 6.45) is 0.929. The van der Waals surface area contributed by atoms with Gasteiger partial charge in [-0.15, -0.1) is 0 Å². The zero-order valence-electron chi connectivity index (χ0n) is 17.0. The molecule has 0 amide bonds. The van der Waals surface area contributed by atoms with Gasteiger partial charge in [-0.2, -0.15) is 9.50 Å². The smallest absolute Gasteiger partial charge is 0.274 e. The first-order chi connectivity index (χ1) is 14.7. The molecule has 4 rings (SSSR count). The largest absolute Gasteiger partial charge is 0.496 e. The highest BCUT2D eigenvalue weighted by atomic mass is 16.5. The number of aromatic amines is 1. The van der Waals surface area contributed by atoms with Crippen LogP contribution in [-0.2, 0) is 19.5 Å². The van der Waals surface area contributed by atoms with E-state index in [1.54, 1.807) is 7.11 Å². The quantitative estimate of drug-likeness (QED) is 0.417. The number of para-hydroxylation sites is 2. The molecule has 2 aromatic heterocycles. The van der Waals surface area contributed by atoms with Crippen LogP contribution >= 0.6 is 0 Å². The first-order valence-electron chi connectivity index (χ1n) is 9.84. The van der Waals surface area contributed by atoms with Crippen LogP contribution in [0.2, 0.25) is 0 Å². The molecule has 154 valence electrons. The third kappa shape index (κ3) is 4.12. The van der Waals surface area contributed by atoms with Crippen LogP contribution in [-0.4, -0.2) is 26.7 Å². The van der Waals surface area contributed by atoms with Crippen LogP contribution < -0.4 is 20.9 Å². The number of ether oxygens (including phenoxy) is 1. The molecule has 0 radical (unpaired) electrons. The van der Waals surface area contributed by atoms with Crippen LogP contribution in [0.15, 0.2) is 59.4 Å². The fourth-order valence-electron chi connectivity index (χ4n) is 3.31. The Morgan fingerprint density at radius 3 is 2.57 bits per heavy atom. The van der Waals surface area contributed by atoms with Gasteiger partial charge in [0.05, 0.1) is 19.3 Å². The van der Waals surface area contributed by atoms with E-state index in [2.05, 4.69) is 38.7 Å². The Bertz CT molecular complexity index is 1210. The lowest BCUT2D eigenvalue weighted by Gasteiger charge is -2.10. The summed E-state index contributed by atoms with van der Waals surface area (Å²) in [5.74, 6) is 1.58. The third-order valence-electron chi connectivity index (χ3n) is 4.88. The average Bonchev–Trinajstić information content (AvgIpc) is 3.20. The van der Waals surface area contributed by atoms with Crippen molar-refractivity contribution in [2.75, 3.05) is 17.7 Å². The lowest BCUT2D eigenvalue weighted by atomic mass is 10.1. The number of hydrogen-bond acceptors (Lipinski definition) is 6. The number of nitrogens with one attached hydrogen (secondary N) is 3. The number of rotatable bonds is 8. The van der Waals surface area contributed by atoms with Crippen molar-refractivity contribution in [3.8, 4) is 5.75 Å². The SMILES string of the molecule is CCc1ccccc1NCc1cc(=O)n2[nH]c(NCc3ccccc3OC)nc2n1. The van der Waals surface area contributed by atoms with Crippen molar-refractivity contribution in [1.82, 2.24) is 19.6 Å². The molecule has 30 heavy (non-hydrogen) atoms. The van der Waals surface area contributed by atoms with Gasteiger partial charge in [0.25, 0.3) is 11.3 Å². The molecule has 0 unspecified atom stereocenters. The predicted octanol–water partition coefficient (Wildman–Crippen LogP) is 3.21. The maximum absolute atomic E-state index is 12.5. The molecule has 0 aliphatic rings. The number of aromatic nitrogens is 4. The number of hydrogen-bond donors (Lipinski definition) is 3. The van der Waals surface area contributed by atoms with Crippen molar-refractivity contribution in [3.05, 3.63) is 81.8 Å². The Labute approximate surface area is 173 Å². The molecule has 8 nitrogen and oxygen atoms in total. The number of fused-ring (bicyclic) bond motifs is 1. The monoisotopic (exact) mass is 404 g/mol. The summed E-state index contributed by atoms with van der Waals surface area (Å²) in [6.45, 7) is 3.06. The zero-order chi connectivity index (χ0) is 20.9. The molecule has 0 aliphatic heterocycles. The Morgan fingerprint density at radius 2 is 1.77 bits per heavy atom. The summed E-state index contributed by atoms with van der Waals surface area (Å²) in [4.78, 5) is 21.4. The molecule has 0 aliphatic carbocycles. The number of aryl methyl sites for hydroxylation is 1. The van der Waals surface area contributed by atoms with Crippen LogP contribution in [0, 0.1) is 0 Å². The van der Waals surface area contributed by atoms with Crippen LogP contribution in [0.3, 0.4) is 0 Å². The van der Waals surface area contributed by atoms with Crippen LogP contribution in [0.4, 0.5) is 11.6 Å². The molecule has 0 fully saturated rings. The van der Waals surface area contributed by atoms with Gasteiger partial charge in [-0.25, -0.2) is 4.98 Å². The zero-order valence-corrected chi connectivity index (χ0v) is 17.0. The van der Waals surface area contributed by atoms with Gasteiger partial charge in [-0.05, 0) is 24.1 Å². The Kier molecular flexibility index (Phi) is 5.65. The van der Waals surface area contributed by atoms with Crippen molar-refractivity contribution in [3.63, 3.8) is 0 Å². The minimum atomic E-state index is -0.210. The fraction of sp³-hybridized carbons (Fsp3) is 0.227. The minimum absolute atomic E-state index is 0.210. The Hall–Kier alpha value is -3.81. The van der Waals surface area contributed by atoms with Gasteiger partial charge in [-0.3, -0.25) is 9.89 Å². The molecule has 0 spiro atoms. The van der Waals surface area contributed by atoms with E-state index in [1.807, 2.05) is 42.5 Å². The summed E-state index contributed by atoms with van der Waals surface area (Å²) >= 11 is 0. The van der Waals surface area contributed by atoms with E-state index in [4.69, 9.17) is 4.74 Å². The van der Waals surface area contributed by atoms with Gasteiger partial charge >= 0.3 is 0 Å². The lowest BCUT2D eigenvalue weighted by Crippen LogP contribution is -2.17. The second-order valence-electron chi connectivity index (χ2n) is 6.82. The molecule has 2 heterocycles. The molecule has 0 saturated heterocycles. The number of nitrogens with zero attached hydrogens (tertiary/aromatic N) is 3. The molecule has 8 heteroatoms. The van der Waals surface area contributed by atoms with E-state index in [0.29, 0.717) is 30.5 Å². The highest BCUT2D eigenvalue weighted by Gasteiger charge is 2.09. The highest BCUT2D eigenvalue weighted by molar-refractivity contribution is 5.51. The van der Waals surface area contributed by atoms with E-state index >= 15 is 0 Å². The maximum Gasteiger partial charge on any atom is 0.274 e. The summed E-state index contributed by atoms with van der Waals surface area (Å²) in [5.41, 5.74) is 3.67. The number of methoxy groups -OCH3 is 1. The first kappa shape index (κ1) is 19.5. The summed E-state index contributed by atoms with van der Waals surface area (Å²) in [5, 5.41) is 9.49. The average molecular weight is 404 g/mol. The van der Waals surface area contributed by atoms with E-state index < -0.39 is 0 Å². The Balaban J connectivity index is 1.50. The molecule has 0 saturated carbocycles. The van der Waals surface area contributed by atoms with Crippen molar-refractivity contribution in [1.29, 1.82) is 0 Å². The van der Waals surface area contributed by atoms with Crippen molar-refractivity contribution in [2.45, 2.75) is 26.4 Å². The Morgan fingerprint density at radius 1 is 1.00 bits per heavy atom.